The van der Waals surface area contributed by atoms with Crippen molar-refractivity contribution in [3.05, 3.63) is 65.0 Å². The van der Waals surface area contributed by atoms with Gasteiger partial charge in [0.25, 0.3) is 0 Å². The summed E-state index contributed by atoms with van der Waals surface area (Å²) in [5, 5.41) is 0.583. The van der Waals surface area contributed by atoms with Crippen molar-refractivity contribution in [3.63, 3.8) is 0 Å². The zero-order valence-corrected chi connectivity index (χ0v) is 10.7. The summed E-state index contributed by atoms with van der Waals surface area (Å²) in [5.74, 6) is -0.430. The van der Waals surface area contributed by atoms with Crippen LogP contribution in [0.1, 0.15) is 4.88 Å². The molecule has 1 nitrogen and oxygen atoms in total. The van der Waals surface area contributed by atoms with Gasteiger partial charge in [-0.05, 0) is 30.3 Å². The van der Waals surface area contributed by atoms with Gasteiger partial charge in [-0.25, -0.2) is 8.78 Å². The molecular weight excluding hydrogens is 266 g/mol. The molecule has 0 aliphatic heterocycles. The van der Waals surface area contributed by atoms with E-state index in [-0.39, 0.29) is 18.2 Å². The number of ether oxygens (including phenoxy) is 1. The Labute approximate surface area is 113 Å². The first-order valence-corrected chi connectivity index (χ1v) is 6.60. The van der Waals surface area contributed by atoms with Crippen molar-refractivity contribution in [1.82, 2.24) is 0 Å². The first kappa shape index (κ1) is 12.1. The maximum absolute atomic E-state index is 13.5. The van der Waals surface area contributed by atoms with E-state index in [0.717, 1.165) is 9.58 Å². The van der Waals surface area contributed by atoms with Crippen LogP contribution in [-0.4, -0.2) is 0 Å². The molecule has 1 heterocycles. The van der Waals surface area contributed by atoms with E-state index in [1.54, 1.807) is 30.3 Å². The first-order chi connectivity index (χ1) is 9.24. The van der Waals surface area contributed by atoms with Crippen LogP contribution in [0.2, 0.25) is 0 Å². The summed E-state index contributed by atoms with van der Waals surface area (Å²) >= 11 is 1.45. The van der Waals surface area contributed by atoms with Crippen molar-refractivity contribution < 1.29 is 13.5 Å². The van der Waals surface area contributed by atoms with Gasteiger partial charge in [0.05, 0.1) is 0 Å². The normalized spacial score (nSPS) is 10.8. The molecule has 0 saturated carbocycles. The van der Waals surface area contributed by atoms with Crippen LogP contribution in [0.25, 0.3) is 10.1 Å². The molecule has 4 heteroatoms. The average Bonchev–Trinajstić information content (AvgIpc) is 2.82. The van der Waals surface area contributed by atoms with Gasteiger partial charge in [0.2, 0.25) is 0 Å². The summed E-state index contributed by atoms with van der Waals surface area (Å²) in [6, 6.07) is 12.9. The number of thiophene rings is 1. The molecule has 3 rings (SSSR count). The largest absolute Gasteiger partial charge is 0.485 e. The Hall–Kier alpha value is -1.94. The maximum Gasteiger partial charge on any atom is 0.165 e. The Morgan fingerprint density at radius 3 is 2.53 bits per heavy atom. The van der Waals surface area contributed by atoms with E-state index in [4.69, 9.17) is 4.74 Å². The van der Waals surface area contributed by atoms with E-state index in [1.165, 1.54) is 23.5 Å². The van der Waals surface area contributed by atoms with Crippen LogP contribution in [-0.2, 0) is 6.61 Å². The van der Waals surface area contributed by atoms with Crippen molar-refractivity contribution >= 4 is 21.4 Å². The third-order valence-electron chi connectivity index (χ3n) is 2.77. The standard InChI is InChI=1S/C15H10F2OS/c16-12-5-3-7-15-11(12)8-10(19-15)9-18-14-6-2-1-4-13(14)17/h1-8H,9H2. The van der Waals surface area contributed by atoms with E-state index >= 15 is 0 Å². The van der Waals surface area contributed by atoms with Gasteiger partial charge in [-0.15, -0.1) is 11.3 Å². The molecule has 1 aromatic heterocycles. The molecule has 0 amide bonds. The van der Waals surface area contributed by atoms with Crippen molar-refractivity contribution in [2.24, 2.45) is 0 Å². The second kappa shape index (κ2) is 4.97. The van der Waals surface area contributed by atoms with Crippen molar-refractivity contribution in [1.29, 1.82) is 0 Å². The van der Waals surface area contributed by atoms with Gasteiger partial charge in [0, 0.05) is 15.0 Å². The van der Waals surface area contributed by atoms with Crippen LogP contribution in [0.4, 0.5) is 8.78 Å². The molecule has 0 aliphatic rings. The van der Waals surface area contributed by atoms with Gasteiger partial charge in [0.1, 0.15) is 12.4 Å². The Balaban J connectivity index is 1.83. The second-order valence-corrected chi connectivity index (χ2v) is 5.25. The highest BCUT2D eigenvalue weighted by Crippen LogP contribution is 2.28. The fourth-order valence-electron chi connectivity index (χ4n) is 1.86. The number of fused-ring (bicyclic) bond motifs is 1. The van der Waals surface area contributed by atoms with Crippen LogP contribution >= 0.6 is 11.3 Å². The molecular formula is C15H10F2OS. The molecule has 0 unspecified atom stereocenters. The fourth-order valence-corrected chi connectivity index (χ4v) is 2.85. The van der Waals surface area contributed by atoms with E-state index in [9.17, 15) is 8.78 Å². The molecule has 3 aromatic rings. The number of rotatable bonds is 3. The maximum atomic E-state index is 13.5. The molecule has 0 spiro atoms. The van der Waals surface area contributed by atoms with Gasteiger partial charge in [0.15, 0.2) is 11.6 Å². The lowest BCUT2D eigenvalue weighted by Gasteiger charge is -2.04. The van der Waals surface area contributed by atoms with Crippen LogP contribution in [0.5, 0.6) is 5.75 Å². The van der Waals surface area contributed by atoms with Crippen LogP contribution in [0.3, 0.4) is 0 Å². The molecule has 96 valence electrons. The third-order valence-corrected chi connectivity index (χ3v) is 3.84. The second-order valence-electron chi connectivity index (χ2n) is 4.08. The van der Waals surface area contributed by atoms with Gasteiger partial charge in [-0.1, -0.05) is 18.2 Å². The third kappa shape index (κ3) is 2.44. The minimum absolute atomic E-state index is 0.209. The molecule has 0 bridgehead atoms. The number of para-hydroxylation sites is 1. The number of hydrogen-bond donors (Lipinski definition) is 0. The Bertz CT molecular complexity index is 721. The van der Waals surface area contributed by atoms with E-state index in [1.807, 2.05) is 6.07 Å². The average molecular weight is 276 g/mol. The van der Waals surface area contributed by atoms with Crippen LogP contribution in [0.15, 0.2) is 48.5 Å². The molecule has 19 heavy (non-hydrogen) atoms. The lowest BCUT2D eigenvalue weighted by molar-refractivity contribution is 0.293. The Kier molecular flexibility index (Phi) is 3.17. The fraction of sp³-hybridized carbons (Fsp3) is 0.0667. The van der Waals surface area contributed by atoms with Crippen LogP contribution in [0, 0.1) is 11.6 Å². The Morgan fingerprint density at radius 2 is 1.74 bits per heavy atom. The van der Waals surface area contributed by atoms with Crippen LogP contribution < -0.4 is 4.74 Å². The van der Waals surface area contributed by atoms with E-state index in [2.05, 4.69) is 0 Å². The predicted molar refractivity (Wildman–Crippen MR) is 72.5 cm³/mol. The highest BCUT2D eigenvalue weighted by molar-refractivity contribution is 7.19. The minimum Gasteiger partial charge on any atom is -0.485 e. The summed E-state index contributed by atoms with van der Waals surface area (Å²) in [4.78, 5) is 0.864. The van der Waals surface area contributed by atoms with Gasteiger partial charge >= 0.3 is 0 Å². The zero-order chi connectivity index (χ0) is 13.2. The highest BCUT2D eigenvalue weighted by atomic mass is 32.1. The lowest BCUT2D eigenvalue weighted by atomic mass is 10.2. The smallest absolute Gasteiger partial charge is 0.165 e. The molecule has 0 fully saturated rings. The number of halogens is 2. The quantitative estimate of drug-likeness (QED) is 0.670. The SMILES string of the molecule is Fc1ccccc1OCc1cc2c(F)cccc2s1. The Morgan fingerprint density at radius 1 is 0.947 bits per heavy atom. The van der Waals surface area contributed by atoms with E-state index < -0.39 is 5.82 Å². The number of benzene rings is 2. The van der Waals surface area contributed by atoms with Crippen molar-refractivity contribution in [2.45, 2.75) is 6.61 Å². The topological polar surface area (TPSA) is 9.23 Å². The van der Waals surface area contributed by atoms with Crippen molar-refractivity contribution in [2.75, 3.05) is 0 Å². The van der Waals surface area contributed by atoms with E-state index in [0.29, 0.717) is 5.39 Å². The minimum atomic E-state index is -0.394. The lowest BCUT2D eigenvalue weighted by Crippen LogP contribution is -1.94. The summed E-state index contributed by atoms with van der Waals surface area (Å²) in [7, 11) is 0. The number of hydrogen-bond acceptors (Lipinski definition) is 2. The van der Waals surface area contributed by atoms with Crippen molar-refractivity contribution in [3.8, 4) is 5.75 Å². The molecule has 0 radical (unpaired) electrons. The van der Waals surface area contributed by atoms with Gasteiger partial charge < -0.3 is 4.74 Å². The summed E-state index contributed by atoms with van der Waals surface area (Å²) in [6.07, 6.45) is 0. The zero-order valence-electron chi connectivity index (χ0n) is 9.90. The predicted octanol–water partition coefficient (Wildman–Crippen LogP) is 4.76. The molecule has 0 saturated heterocycles. The monoisotopic (exact) mass is 276 g/mol. The molecule has 0 N–H and O–H groups in total. The highest BCUT2D eigenvalue weighted by Gasteiger charge is 2.07. The molecule has 0 aliphatic carbocycles. The summed E-state index contributed by atoms with van der Waals surface area (Å²) in [6.45, 7) is 0.236. The van der Waals surface area contributed by atoms with Gasteiger partial charge in [-0.2, -0.15) is 0 Å². The van der Waals surface area contributed by atoms with Gasteiger partial charge in [-0.3, -0.25) is 0 Å². The first-order valence-electron chi connectivity index (χ1n) is 5.78. The molecule has 2 aromatic carbocycles. The summed E-state index contributed by atoms with van der Waals surface area (Å²) < 4.78 is 33.2. The summed E-state index contributed by atoms with van der Waals surface area (Å²) in [5.41, 5.74) is 0. The molecule has 0 atom stereocenters.